The molecule has 1 unspecified atom stereocenters. The number of methoxy groups -OCH3 is 1. The third-order valence-corrected chi connectivity index (χ3v) is 2.17. The van der Waals surface area contributed by atoms with E-state index in [9.17, 15) is 0 Å². The lowest BCUT2D eigenvalue weighted by atomic mass is 10.1. The van der Waals surface area contributed by atoms with E-state index in [0.29, 0.717) is 18.6 Å². The second-order valence-corrected chi connectivity index (χ2v) is 3.51. The number of nitrogens with zero attached hydrogens (tertiary/aromatic N) is 2. The maximum atomic E-state index is 5.16. The minimum atomic E-state index is 0.303. The lowest BCUT2D eigenvalue weighted by Crippen LogP contribution is -2.25. The second-order valence-electron chi connectivity index (χ2n) is 3.51. The van der Waals surface area contributed by atoms with E-state index in [2.05, 4.69) is 22.2 Å². The Morgan fingerprint density at radius 3 is 2.73 bits per heavy atom. The predicted molar refractivity (Wildman–Crippen MR) is 60.8 cm³/mol. The molecule has 0 fully saturated rings. The van der Waals surface area contributed by atoms with E-state index in [4.69, 9.17) is 4.74 Å². The number of unbranched alkanes of at least 4 members (excludes halogenated alkanes) is 1. The fraction of sp³-hybridized carbons (Fsp3) is 0.636. The summed E-state index contributed by atoms with van der Waals surface area (Å²) in [6.45, 7) is 2.88. The molecule has 0 radical (unpaired) electrons. The van der Waals surface area contributed by atoms with Crippen LogP contribution in [0.15, 0.2) is 18.5 Å². The number of ether oxygens (including phenoxy) is 1. The van der Waals surface area contributed by atoms with E-state index in [1.54, 1.807) is 19.5 Å². The van der Waals surface area contributed by atoms with Crippen molar-refractivity contribution in [2.45, 2.75) is 32.2 Å². The van der Waals surface area contributed by atoms with E-state index >= 15 is 0 Å². The van der Waals surface area contributed by atoms with Gasteiger partial charge in [-0.15, -0.1) is 0 Å². The summed E-state index contributed by atoms with van der Waals surface area (Å²) in [5.41, 5.74) is 0. The zero-order valence-electron chi connectivity index (χ0n) is 9.44. The summed E-state index contributed by atoms with van der Waals surface area (Å²) in [5.74, 6) is 0.677. The Morgan fingerprint density at radius 2 is 2.13 bits per heavy atom. The van der Waals surface area contributed by atoms with Crippen molar-refractivity contribution in [3.05, 3.63) is 18.5 Å². The molecule has 1 rings (SSSR count). The van der Waals surface area contributed by atoms with Gasteiger partial charge in [-0.25, -0.2) is 9.97 Å². The minimum absolute atomic E-state index is 0.303. The van der Waals surface area contributed by atoms with Gasteiger partial charge in [0.15, 0.2) is 0 Å². The summed E-state index contributed by atoms with van der Waals surface area (Å²) in [5, 5.41) is 3.27. The van der Waals surface area contributed by atoms with Crippen LogP contribution in [0.2, 0.25) is 0 Å². The Labute approximate surface area is 91.1 Å². The Kier molecular flexibility index (Phi) is 5.70. The maximum absolute atomic E-state index is 5.16. The first-order valence-electron chi connectivity index (χ1n) is 5.39. The highest BCUT2D eigenvalue weighted by Gasteiger charge is 2.08. The average molecular weight is 209 g/mol. The second kappa shape index (κ2) is 7.17. The number of hydrogen-bond acceptors (Lipinski definition) is 4. The maximum Gasteiger partial charge on any atom is 0.222 e. The summed E-state index contributed by atoms with van der Waals surface area (Å²) in [6, 6.07) is 2.11. The van der Waals surface area contributed by atoms with E-state index in [-0.39, 0.29) is 0 Å². The van der Waals surface area contributed by atoms with Crippen LogP contribution in [0.25, 0.3) is 0 Å². The van der Waals surface area contributed by atoms with Gasteiger partial charge >= 0.3 is 0 Å². The zero-order valence-corrected chi connectivity index (χ0v) is 9.44. The molecule has 0 spiro atoms. The van der Waals surface area contributed by atoms with Crippen molar-refractivity contribution in [3.8, 4) is 0 Å². The molecule has 0 aliphatic rings. The molecule has 0 aliphatic carbocycles. The molecule has 84 valence electrons. The van der Waals surface area contributed by atoms with E-state index in [1.165, 1.54) is 12.8 Å². The van der Waals surface area contributed by atoms with Crippen LogP contribution < -0.4 is 5.32 Å². The van der Waals surface area contributed by atoms with E-state index < -0.39 is 0 Å². The molecule has 0 aliphatic heterocycles. The quantitative estimate of drug-likeness (QED) is 0.747. The van der Waals surface area contributed by atoms with Crippen molar-refractivity contribution in [2.75, 3.05) is 19.0 Å². The van der Waals surface area contributed by atoms with Crippen LogP contribution in [0.3, 0.4) is 0 Å². The Hall–Kier alpha value is -1.16. The van der Waals surface area contributed by atoms with Gasteiger partial charge in [0.2, 0.25) is 5.95 Å². The number of hydrogen-bond donors (Lipinski definition) is 1. The number of aromatic nitrogens is 2. The first kappa shape index (κ1) is 11.9. The topological polar surface area (TPSA) is 47.0 Å². The molecule has 0 amide bonds. The monoisotopic (exact) mass is 209 g/mol. The molecule has 4 nitrogen and oxygen atoms in total. The van der Waals surface area contributed by atoms with Crippen LogP contribution in [-0.2, 0) is 4.74 Å². The lowest BCUT2D eigenvalue weighted by molar-refractivity contribution is 0.181. The van der Waals surface area contributed by atoms with Gasteiger partial charge in [-0.1, -0.05) is 19.8 Å². The van der Waals surface area contributed by atoms with Crippen LogP contribution in [-0.4, -0.2) is 29.7 Å². The first-order valence-corrected chi connectivity index (χ1v) is 5.39. The molecule has 0 bridgehead atoms. The van der Waals surface area contributed by atoms with Gasteiger partial charge in [0.25, 0.3) is 0 Å². The highest BCUT2D eigenvalue weighted by Crippen LogP contribution is 2.06. The van der Waals surface area contributed by atoms with Crippen LogP contribution in [0.1, 0.15) is 26.2 Å². The molecule has 1 aromatic rings. The summed E-state index contributed by atoms with van der Waals surface area (Å²) in [6.07, 6.45) is 6.94. The number of anilines is 1. The van der Waals surface area contributed by atoms with Gasteiger partial charge in [-0.2, -0.15) is 0 Å². The van der Waals surface area contributed by atoms with E-state index in [0.717, 1.165) is 6.42 Å². The summed E-state index contributed by atoms with van der Waals surface area (Å²) >= 11 is 0. The summed E-state index contributed by atoms with van der Waals surface area (Å²) in [4.78, 5) is 8.26. The SMILES string of the molecule is CCCCC(COC)Nc1ncccn1. The average Bonchev–Trinajstić information content (AvgIpc) is 2.28. The molecule has 1 aromatic heterocycles. The van der Waals surface area contributed by atoms with Crippen LogP contribution in [0.4, 0.5) is 5.95 Å². The summed E-state index contributed by atoms with van der Waals surface area (Å²) in [7, 11) is 1.71. The van der Waals surface area contributed by atoms with Crippen LogP contribution in [0.5, 0.6) is 0 Å². The molecule has 1 heterocycles. The van der Waals surface area contributed by atoms with Crippen molar-refractivity contribution < 1.29 is 4.74 Å². The molecule has 1 N–H and O–H groups in total. The highest BCUT2D eigenvalue weighted by molar-refractivity contribution is 5.24. The largest absolute Gasteiger partial charge is 0.383 e. The third kappa shape index (κ3) is 4.74. The molecule has 0 saturated heterocycles. The van der Waals surface area contributed by atoms with Gasteiger partial charge in [0, 0.05) is 19.5 Å². The van der Waals surface area contributed by atoms with Gasteiger partial charge < -0.3 is 10.1 Å². The van der Waals surface area contributed by atoms with E-state index in [1.807, 2.05) is 6.07 Å². The third-order valence-electron chi connectivity index (χ3n) is 2.17. The van der Waals surface area contributed by atoms with Gasteiger partial charge in [0.05, 0.1) is 12.6 Å². The fourth-order valence-electron chi connectivity index (χ4n) is 1.41. The predicted octanol–water partition coefficient (Wildman–Crippen LogP) is 2.09. The van der Waals surface area contributed by atoms with Crippen LogP contribution >= 0.6 is 0 Å². The fourth-order valence-corrected chi connectivity index (χ4v) is 1.41. The number of nitrogens with one attached hydrogen (secondary N) is 1. The molecule has 0 aromatic carbocycles. The lowest BCUT2D eigenvalue weighted by Gasteiger charge is -2.17. The van der Waals surface area contributed by atoms with Gasteiger partial charge in [-0.3, -0.25) is 0 Å². The highest BCUT2D eigenvalue weighted by atomic mass is 16.5. The Balaban J connectivity index is 2.43. The number of rotatable bonds is 7. The van der Waals surface area contributed by atoms with Crippen molar-refractivity contribution in [1.29, 1.82) is 0 Å². The molecular weight excluding hydrogens is 190 g/mol. The molecule has 4 heteroatoms. The minimum Gasteiger partial charge on any atom is -0.383 e. The van der Waals surface area contributed by atoms with Crippen molar-refractivity contribution in [3.63, 3.8) is 0 Å². The standard InChI is InChI=1S/C11H19N3O/c1-3-4-6-10(9-15-2)14-11-12-7-5-8-13-11/h5,7-8,10H,3-4,6,9H2,1-2H3,(H,12,13,14). The molecular formula is C11H19N3O. The Morgan fingerprint density at radius 1 is 1.40 bits per heavy atom. The Bertz CT molecular complexity index is 253. The molecule has 15 heavy (non-hydrogen) atoms. The van der Waals surface area contributed by atoms with Crippen molar-refractivity contribution >= 4 is 5.95 Å². The normalized spacial score (nSPS) is 12.4. The first-order chi connectivity index (χ1) is 7.36. The van der Waals surface area contributed by atoms with Crippen LogP contribution in [0, 0.1) is 0 Å². The molecule has 1 atom stereocenters. The van der Waals surface area contributed by atoms with Crippen molar-refractivity contribution in [1.82, 2.24) is 9.97 Å². The van der Waals surface area contributed by atoms with Gasteiger partial charge in [-0.05, 0) is 12.5 Å². The molecule has 0 saturated carbocycles. The van der Waals surface area contributed by atoms with Crippen molar-refractivity contribution in [2.24, 2.45) is 0 Å². The zero-order chi connectivity index (χ0) is 10.9. The smallest absolute Gasteiger partial charge is 0.222 e. The van der Waals surface area contributed by atoms with Gasteiger partial charge in [0.1, 0.15) is 0 Å². The summed E-state index contributed by atoms with van der Waals surface area (Å²) < 4.78 is 5.16.